The summed E-state index contributed by atoms with van der Waals surface area (Å²) in [6.45, 7) is -0.128. The van der Waals surface area contributed by atoms with Gasteiger partial charge in [-0.15, -0.1) is 0 Å². The maximum Gasteiger partial charge on any atom is 0.264 e. The topological polar surface area (TPSA) is 90.9 Å². The minimum Gasteiger partial charge on any atom is -0.349 e. The number of hydrogen-bond acceptors (Lipinski definition) is 6. The molecule has 1 heterocycles. The predicted octanol–water partition coefficient (Wildman–Crippen LogP) is 1.57. The molecule has 1 aliphatic carbocycles. The van der Waals surface area contributed by atoms with Crippen LogP contribution >= 0.6 is 0 Å². The van der Waals surface area contributed by atoms with Crippen LogP contribution in [0.5, 0.6) is 5.75 Å². The van der Waals surface area contributed by atoms with Gasteiger partial charge in [-0.1, -0.05) is 12.8 Å². The average molecular weight is 355 g/mol. The Hall–Kier alpha value is -1.64. The summed E-state index contributed by atoms with van der Waals surface area (Å²) in [5.74, 6) is 0.433. The first-order valence-electron chi connectivity index (χ1n) is 8.02. The number of fused-ring (bicyclic) bond motifs is 1. The third-order valence-electron chi connectivity index (χ3n) is 4.20. The van der Waals surface area contributed by atoms with Crippen LogP contribution in [0.15, 0.2) is 18.2 Å². The standard InChI is InChI=1S/C16H21NO6S/c1-24(19,20)21-10-14-9-12-8-11(6-7-15(12)23-22-14)16(18)17-13-4-2-3-5-13/h6-8,13-14H,2-5,9-10H2,1H3,(H,17,18). The first-order chi connectivity index (χ1) is 11.4. The lowest BCUT2D eigenvalue weighted by atomic mass is 10.0. The maximum absolute atomic E-state index is 12.3. The van der Waals surface area contributed by atoms with Gasteiger partial charge in [-0.3, -0.25) is 8.98 Å². The summed E-state index contributed by atoms with van der Waals surface area (Å²) >= 11 is 0. The second kappa shape index (κ2) is 7.08. The SMILES string of the molecule is CS(=O)(=O)OCC1Cc2cc(C(=O)NC3CCCC3)ccc2OO1. The van der Waals surface area contributed by atoms with Crippen LogP contribution in [0.1, 0.15) is 41.6 Å². The van der Waals surface area contributed by atoms with Crippen LogP contribution in [0.3, 0.4) is 0 Å². The van der Waals surface area contributed by atoms with Crippen molar-refractivity contribution in [3.8, 4) is 5.75 Å². The fourth-order valence-corrected chi connectivity index (χ4v) is 3.38. The number of nitrogens with one attached hydrogen (secondary N) is 1. The van der Waals surface area contributed by atoms with Crippen LogP contribution in [0.2, 0.25) is 0 Å². The maximum atomic E-state index is 12.3. The van der Waals surface area contributed by atoms with E-state index in [1.807, 2.05) is 0 Å². The number of carbonyl (C=O) groups is 1. The van der Waals surface area contributed by atoms with Crippen LogP contribution in [0.25, 0.3) is 0 Å². The van der Waals surface area contributed by atoms with Crippen molar-refractivity contribution in [1.29, 1.82) is 0 Å². The number of carbonyl (C=O) groups excluding carboxylic acids is 1. The van der Waals surface area contributed by atoms with E-state index in [-0.39, 0.29) is 18.6 Å². The van der Waals surface area contributed by atoms with E-state index in [0.29, 0.717) is 17.7 Å². The van der Waals surface area contributed by atoms with Crippen molar-refractivity contribution in [2.45, 2.75) is 44.2 Å². The molecule has 24 heavy (non-hydrogen) atoms. The van der Waals surface area contributed by atoms with Crippen LogP contribution in [0, 0.1) is 0 Å². The van der Waals surface area contributed by atoms with Crippen molar-refractivity contribution in [2.24, 2.45) is 0 Å². The van der Waals surface area contributed by atoms with Gasteiger partial charge in [-0.25, -0.2) is 0 Å². The first kappa shape index (κ1) is 17.2. The Morgan fingerprint density at radius 2 is 2.08 bits per heavy atom. The summed E-state index contributed by atoms with van der Waals surface area (Å²) < 4.78 is 26.9. The number of amides is 1. The Balaban J connectivity index is 1.65. The van der Waals surface area contributed by atoms with Gasteiger partial charge >= 0.3 is 0 Å². The van der Waals surface area contributed by atoms with E-state index in [0.717, 1.165) is 37.5 Å². The van der Waals surface area contributed by atoms with E-state index in [9.17, 15) is 13.2 Å². The highest BCUT2D eigenvalue weighted by molar-refractivity contribution is 7.85. The lowest BCUT2D eigenvalue weighted by Crippen LogP contribution is -2.33. The Morgan fingerprint density at radius 1 is 1.33 bits per heavy atom. The predicted molar refractivity (Wildman–Crippen MR) is 86.2 cm³/mol. The molecule has 0 saturated heterocycles. The minimum absolute atomic E-state index is 0.0971. The molecule has 1 aliphatic heterocycles. The molecule has 0 spiro atoms. The van der Waals surface area contributed by atoms with Gasteiger partial charge in [-0.05, 0) is 31.0 Å². The molecule has 1 fully saturated rings. The zero-order valence-corrected chi connectivity index (χ0v) is 14.3. The molecule has 1 saturated carbocycles. The second-order valence-electron chi connectivity index (χ2n) is 6.27. The molecule has 1 aromatic carbocycles. The number of benzene rings is 1. The zero-order chi connectivity index (χ0) is 17.2. The molecule has 1 amide bonds. The fourth-order valence-electron chi connectivity index (χ4n) is 2.99. The summed E-state index contributed by atoms with van der Waals surface area (Å²) in [5, 5.41) is 3.04. The largest absolute Gasteiger partial charge is 0.349 e. The van der Waals surface area contributed by atoms with E-state index in [1.165, 1.54) is 0 Å². The Labute approximate surface area is 141 Å². The van der Waals surface area contributed by atoms with Crippen molar-refractivity contribution < 1.29 is 27.2 Å². The van der Waals surface area contributed by atoms with Crippen LogP contribution in [-0.2, 0) is 25.6 Å². The van der Waals surface area contributed by atoms with E-state index >= 15 is 0 Å². The first-order valence-corrected chi connectivity index (χ1v) is 9.84. The normalized spacial score (nSPS) is 21.1. The average Bonchev–Trinajstić information content (AvgIpc) is 3.04. The van der Waals surface area contributed by atoms with Gasteiger partial charge in [0.05, 0.1) is 12.9 Å². The Morgan fingerprint density at radius 3 is 2.79 bits per heavy atom. The quantitative estimate of drug-likeness (QED) is 0.637. The third-order valence-corrected chi connectivity index (χ3v) is 4.77. The van der Waals surface area contributed by atoms with E-state index in [2.05, 4.69) is 5.32 Å². The molecule has 0 bridgehead atoms. The van der Waals surface area contributed by atoms with E-state index in [4.69, 9.17) is 14.0 Å². The summed E-state index contributed by atoms with van der Waals surface area (Å²) in [6.07, 6.45) is 5.22. The highest BCUT2D eigenvalue weighted by Gasteiger charge is 2.25. The zero-order valence-electron chi connectivity index (χ0n) is 13.5. The fraction of sp³-hybridized carbons (Fsp3) is 0.562. The molecule has 3 rings (SSSR count). The molecule has 1 unspecified atom stereocenters. The van der Waals surface area contributed by atoms with Gasteiger partial charge in [0, 0.05) is 23.6 Å². The van der Waals surface area contributed by atoms with Gasteiger partial charge in [0.1, 0.15) is 6.10 Å². The van der Waals surface area contributed by atoms with Crippen molar-refractivity contribution >= 4 is 16.0 Å². The molecule has 132 valence electrons. The molecule has 0 radical (unpaired) electrons. The minimum atomic E-state index is -3.54. The van der Waals surface area contributed by atoms with Gasteiger partial charge in [-0.2, -0.15) is 13.3 Å². The summed E-state index contributed by atoms with van der Waals surface area (Å²) in [4.78, 5) is 22.6. The lowest BCUT2D eigenvalue weighted by Gasteiger charge is -2.23. The monoisotopic (exact) mass is 355 g/mol. The molecule has 1 atom stereocenters. The third kappa shape index (κ3) is 4.46. The van der Waals surface area contributed by atoms with Gasteiger partial charge in [0.2, 0.25) is 0 Å². The molecule has 7 nitrogen and oxygen atoms in total. The summed E-state index contributed by atoms with van der Waals surface area (Å²) in [6, 6.07) is 5.39. The smallest absolute Gasteiger partial charge is 0.264 e. The Kier molecular flexibility index (Phi) is 5.07. The molecule has 8 heteroatoms. The molecular formula is C16H21NO6S. The van der Waals surface area contributed by atoms with E-state index in [1.54, 1.807) is 18.2 Å². The summed E-state index contributed by atoms with van der Waals surface area (Å²) in [5.41, 5.74) is 1.36. The highest BCUT2D eigenvalue weighted by atomic mass is 32.2. The lowest BCUT2D eigenvalue weighted by molar-refractivity contribution is -0.259. The van der Waals surface area contributed by atoms with Gasteiger partial charge < -0.3 is 10.2 Å². The Bertz CT molecular complexity index is 711. The van der Waals surface area contributed by atoms with Crippen LogP contribution in [-0.4, -0.2) is 39.3 Å². The van der Waals surface area contributed by atoms with Crippen molar-refractivity contribution in [3.63, 3.8) is 0 Å². The molecular weight excluding hydrogens is 334 g/mol. The molecule has 0 aromatic heterocycles. The van der Waals surface area contributed by atoms with Crippen molar-refractivity contribution in [1.82, 2.24) is 5.32 Å². The van der Waals surface area contributed by atoms with Crippen molar-refractivity contribution in [3.05, 3.63) is 29.3 Å². The molecule has 2 aliphatic rings. The number of hydrogen-bond donors (Lipinski definition) is 1. The molecule has 1 aromatic rings. The van der Waals surface area contributed by atoms with Gasteiger partial charge in [0.25, 0.3) is 16.0 Å². The second-order valence-corrected chi connectivity index (χ2v) is 7.92. The number of rotatable bonds is 5. The van der Waals surface area contributed by atoms with Crippen LogP contribution in [0.4, 0.5) is 0 Å². The highest BCUT2D eigenvalue weighted by Crippen LogP contribution is 2.28. The van der Waals surface area contributed by atoms with Crippen molar-refractivity contribution in [2.75, 3.05) is 12.9 Å². The van der Waals surface area contributed by atoms with E-state index < -0.39 is 16.2 Å². The van der Waals surface area contributed by atoms with Gasteiger partial charge in [0.15, 0.2) is 5.75 Å². The van der Waals surface area contributed by atoms with Crippen LogP contribution < -0.4 is 10.2 Å². The summed E-state index contributed by atoms with van der Waals surface area (Å²) in [7, 11) is -3.54. The molecule has 1 N–H and O–H groups in total.